The topological polar surface area (TPSA) is 64.8 Å². The number of nitrogens with zero attached hydrogens (tertiary/aromatic N) is 1. The molecule has 0 rings (SSSR count). The van der Waals surface area contributed by atoms with Crippen LogP contribution in [-0.2, 0) is 14.3 Å². The minimum atomic E-state index is -0.0359. The Balaban J connectivity index is 3.92. The van der Waals surface area contributed by atoms with E-state index in [0.29, 0.717) is 26.2 Å². The summed E-state index contributed by atoms with van der Waals surface area (Å²) in [6.45, 7) is 6.00. The van der Waals surface area contributed by atoms with E-state index in [1.807, 2.05) is 13.8 Å². The van der Waals surface area contributed by atoms with Gasteiger partial charge in [-0.1, -0.05) is 0 Å². The molecule has 0 aromatic carbocycles. The standard InChI is InChI=1S/C10H22N2O3/c1-9(2)15-8-10(13)12(5-4-11)6-7-14-3/h9H,4-8,11H2,1-3H3. The fourth-order valence-corrected chi connectivity index (χ4v) is 1.05. The highest BCUT2D eigenvalue weighted by Gasteiger charge is 2.12. The van der Waals surface area contributed by atoms with Crippen molar-refractivity contribution in [3.05, 3.63) is 0 Å². The first kappa shape index (κ1) is 14.3. The van der Waals surface area contributed by atoms with Crippen molar-refractivity contribution < 1.29 is 14.3 Å². The summed E-state index contributed by atoms with van der Waals surface area (Å²) in [4.78, 5) is 13.3. The van der Waals surface area contributed by atoms with Gasteiger partial charge in [-0.25, -0.2) is 0 Å². The fourth-order valence-electron chi connectivity index (χ4n) is 1.05. The lowest BCUT2D eigenvalue weighted by molar-refractivity contribution is -0.138. The minimum Gasteiger partial charge on any atom is -0.383 e. The number of rotatable bonds is 8. The number of nitrogens with two attached hydrogens (primary N) is 1. The maximum Gasteiger partial charge on any atom is 0.248 e. The molecule has 0 spiro atoms. The Hall–Kier alpha value is -0.650. The van der Waals surface area contributed by atoms with Crippen LogP contribution in [0.1, 0.15) is 13.8 Å². The molecule has 0 aliphatic carbocycles. The van der Waals surface area contributed by atoms with Crippen LogP contribution in [0.5, 0.6) is 0 Å². The molecule has 0 unspecified atom stereocenters. The molecule has 5 nitrogen and oxygen atoms in total. The molecule has 5 heteroatoms. The molecule has 2 N–H and O–H groups in total. The van der Waals surface area contributed by atoms with Crippen molar-refractivity contribution in [2.45, 2.75) is 20.0 Å². The predicted molar refractivity (Wildman–Crippen MR) is 58.6 cm³/mol. The Bertz CT molecular complexity index is 174. The van der Waals surface area contributed by atoms with Crippen molar-refractivity contribution in [1.82, 2.24) is 4.90 Å². The Morgan fingerprint density at radius 3 is 2.53 bits per heavy atom. The third kappa shape index (κ3) is 7.30. The van der Waals surface area contributed by atoms with Crippen LogP contribution in [0.3, 0.4) is 0 Å². The van der Waals surface area contributed by atoms with Crippen molar-refractivity contribution >= 4 is 5.91 Å². The summed E-state index contributed by atoms with van der Waals surface area (Å²) in [6, 6.07) is 0. The summed E-state index contributed by atoms with van der Waals surface area (Å²) in [7, 11) is 1.61. The Labute approximate surface area is 91.5 Å². The van der Waals surface area contributed by atoms with E-state index in [-0.39, 0.29) is 18.6 Å². The Morgan fingerprint density at radius 2 is 2.07 bits per heavy atom. The number of carbonyl (C=O) groups excluding carboxylic acids is 1. The third-order valence-electron chi connectivity index (χ3n) is 1.86. The van der Waals surface area contributed by atoms with Crippen LogP contribution in [0.15, 0.2) is 0 Å². The molecule has 0 aromatic heterocycles. The zero-order valence-electron chi connectivity index (χ0n) is 9.86. The maximum absolute atomic E-state index is 11.6. The zero-order chi connectivity index (χ0) is 11.7. The minimum absolute atomic E-state index is 0.0359. The largest absolute Gasteiger partial charge is 0.383 e. The van der Waals surface area contributed by atoms with E-state index < -0.39 is 0 Å². The van der Waals surface area contributed by atoms with Gasteiger partial charge in [0.05, 0.1) is 12.7 Å². The highest BCUT2D eigenvalue weighted by molar-refractivity contribution is 5.77. The number of hydrogen-bond donors (Lipinski definition) is 1. The van der Waals surface area contributed by atoms with Gasteiger partial charge in [0.1, 0.15) is 6.61 Å². The fraction of sp³-hybridized carbons (Fsp3) is 0.900. The van der Waals surface area contributed by atoms with E-state index >= 15 is 0 Å². The molecular formula is C10H22N2O3. The van der Waals surface area contributed by atoms with E-state index in [4.69, 9.17) is 15.2 Å². The van der Waals surface area contributed by atoms with Crippen LogP contribution in [0.4, 0.5) is 0 Å². The number of hydrogen-bond acceptors (Lipinski definition) is 4. The van der Waals surface area contributed by atoms with Gasteiger partial charge < -0.3 is 20.1 Å². The van der Waals surface area contributed by atoms with Gasteiger partial charge in [0.2, 0.25) is 5.91 Å². The van der Waals surface area contributed by atoms with Crippen LogP contribution in [-0.4, -0.2) is 56.9 Å². The molecule has 0 aromatic rings. The Kier molecular flexibility index (Phi) is 8.27. The van der Waals surface area contributed by atoms with Gasteiger partial charge >= 0.3 is 0 Å². The smallest absolute Gasteiger partial charge is 0.248 e. The summed E-state index contributed by atoms with van der Waals surface area (Å²) in [5, 5.41) is 0. The normalized spacial score (nSPS) is 10.7. The summed E-state index contributed by atoms with van der Waals surface area (Å²) in [6.07, 6.45) is 0.0658. The molecule has 0 atom stereocenters. The molecule has 15 heavy (non-hydrogen) atoms. The van der Waals surface area contributed by atoms with Crippen LogP contribution in [0.2, 0.25) is 0 Å². The molecule has 0 aliphatic heterocycles. The highest BCUT2D eigenvalue weighted by atomic mass is 16.5. The van der Waals surface area contributed by atoms with Crippen molar-refractivity contribution in [1.29, 1.82) is 0 Å². The second-order valence-corrected chi connectivity index (χ2v) is 3.52. The molecule has 0 saturated carbocycles. The summed E-state index contributed by atoms with van der Waals surface area (Å²) < 4.78 is 10.2. The first-order valence-corrected chi connectivity index (χ1v) is 5.20. The van der Waals surface area contributed by atoms with Crippen LogP contribution >= 0.6 is 0 Å². The molecule has 0 saturated heterocycles. The number of methoxy groups -OCH3 is 1. The third-order valence-corrected chi connectivity index (χ3v) is 1.86. The lowest BCUT2D eigenvalue weighted by Crippen LogP contribution is -2.40. The molecule has 0 radical (unpaired) electrons. The number of amides is 1. The summed E-state index contributed by atoms with van der Waals surface area (Å²) >= 11 is 0. The predicted octanol–water partition coefficient (Wildman–Crippen LogP) is -0.155. The SMILES string of the molecule is COCCN(CCN)C(=O)COC(C)C. The molecule has 0 bridgehead atoms. The van der Waals surface area contributed by atoms with E-state index in [0.717, 1.165) is 0 Å². The molecule has 0 heterocycles. The first-order valence-electron chi connectivity index (χ1n) is 5.20. The molecule has 0 fully saturated rings. The quantitative estimate of drug-likeness (QED) is 0.615. The van der Waals surface area contributed by atoms with E-state index in [9.17, 15) is 4.79 Å². The van der Waals surface area contributed by atoms with Crippen molar-refractivity contribution in [3.8, 4) is 0 Å². The summed E-state index contributed by atoms with van der Waals surface area (Å²) in [5.74, 6) is -0.0359. The van der Waals surface area contributed by atoms with E-state index in [1.54, 1.807) is 12.0 Å². The average molecular weight is 218 g/mol. The lowest BCUT2D eigenvalue weighted by Gasteiger charge is -2.22. The van der Waals surface area contributed by atoms with Crippen molar-refractivity contribution in [3.63, 3.8) is 0 Å². The molecule has 1 amide bonds. The number of carbonyl (C=O) groups is 1. The van der Waals surface area contributed by atoms with Gasteiger partial charge in [0, 0.05) is 26.7 Å². The van der Waals surface area contributed by atoms with E-state index in [1.165, 1.54) is 0 Å². The highest BCUT2D eigenvalue weighted by Crippen LogP contribution is 1.94. The van der Waals surface area contributed by atoms with Gasteiger partial charge in [0.25, 0.3) is 0 Å². The lowest BCUT2D eigenvalue weighted by atomic mass is 10.4. The van der Waals surface area contributed by atoms with Gasteiger partial charge in [0.15, 0.2) is 0 Å². The molecule has 90 valence electrons. The van der Waals surface area contributed by atoms with Crippen LogP contribution in [0.25, 0.3) is 0 Å². The monoisotopic (exact) mass is 218 g/mol. The van der Waals surface area contributed by atoms with Crippen molar-refractivity contribution in [2.75, 3.05) is 40.0 Å². The van der Waals surface area contributed by atoms with Gasteiger partial charge in [-0.05, 0) is 13.8 Å². The van der Waals surface area contributed by atoms with E-state index in [2.05, 4.69) is 0 Å². The van der Waals surface area contributed by atoms with Crippen LogP contribution in [0, 0.1) is 0 Å². The molecule has 0 aliphatic rings. The van der Waals surface area contributed by atoms with Gasteiger partial charge in [-0.15, -0.1) is 0 Å². The molecular weight excluding hydrogens is 196 g/mol. The van der Waals surface area contributed by atoms with Gasteiger partial charge in [-0.2, -0.15) is 0 Å². The second-order valence-electron chi connectivity index (χ2n) is 3.52. The Morgan fingerprint density at radius 1 is 1.40 bits per heavy atom. The van der Waals surface area contributed by atoms with Crippen LogP contribution < -0.4 is 5.73 Å². The number of ether oxygens (including phenoxy) is 2. The van der Waals surface area contributed by atoms with Crippen molar-refractivity contribution in [2.24, 2.45) is 5.73 Å². The zero-order valence-corrected chi connectivity index (χ0v) is 9.86. The second kappa shape index (κ2) is 8.64. The summed E-state index contributed by atoms with van der Waals surface area (Å²) in [5.41, 5.74) is 5.42. The first-order chi connectivity index (χ1) is 7.11. The average Bonchev–Trinajstić information content (AvgIpc) is 2.20. The maximum atomic E-state index is 11.6. The van der Waals surface area contributed by atoms with Gasteiger partial charge in [-0.3, -0.25) is 4.79 Å².